The summed E-state index contributed by atoms with van der Waals surface area (Å²) < 4.78 is 7.37. The molecule has 0 spiro atoms. The molecular weight excluding hydrogens is 354 g/mol. The monoisotopic (exact) mass is 377 g/mol. The van der Waals surface area contributed by atoms with Crippen molar-refractivity contribution in [1.82, 2.24) is 19.5 Å². The third-order valence-electron chi connectivity index (χ3n) is 6.25. The summed E-state index contributed by atoms with van der Waals surface area (Å²) in [6.45, 7) is -0.370. The molecule has 0 aromatic carbocycles. The van der Waals surface area contributed by atoms with Gasteiger partial charge in [0.15, 0.2) is 5.65 Å². The first-order valence-electron chi connectivity index (χ1n) is 9.41. The maximum atomic E-state index is 12.1. The van der Waals surface area contributed by atoms with E-state index in [1.54, 1.807) is 10.9 Å². The van der Waals surface area contributed by atoms with Crippen molar-refractivity contribution >= 4 is 17.0 Å². The van der Waals surface area contributed by atoms with E-state index < -0.39 is 29.6 Å². The fraction of sp³-hybridized carbons (Fsp3) is 0.706. The maximum absolute atomic E-state index is 12.1. The second-order valence-corrected chi connectivity index (χ2v) is 7.85. The molecule has 146 valence electrons. The average Bonchev–Trinajstić information content (AvgIpc) is 3.32. The Balaban J connectivity index is 1.49. The van der Waals surface area contributed by atoms with Gasteiger partial charge in [0.25, 0.3) is 0 Å². The van der Waals surface area contributed by atoms with E-state index in [0.29, 0.717) is 23.0 Å². The Bertz CT molecular complexity index is 922. The number of aliphatic hydroxyl groups excluding tert-OH is 2. The zero-order valence-corrected chi connectivity index (χ0v) is 14.7. The molecule has 5 rings (SSSR count). The summed E-state index contributed by atoms with van der Waals surface area (Å²) in [5.74, 6) is 0.561. The molecule has 0 radical (unpaired) electrons. The highest BCUT2D eigenvalue weighted by atomic mass is 16.6. The summed E-state index contributed by atoms with van der Waals surface area (Å²) in [4.78, 5) is 23.3. The lowest BCUT2D eigenvalue weighted by Crippen LogP contribution is -2.61. The molecular formula is C17H23N5O5. The van der Waals surface area contributed by atoms with Crippen LogP contribution in [0.2, 0.25) is 0 Å². The second-order valence-electron chi connectivity index (χ2n) is 7.85. The van der Waals surface area contributed by atoms with E-state index >= 15 is 0 Å². The molecule has 2 aromatic heterocycles. The molecule has 10 heteroatoms. The lowest BCUT2D eigenvalue weighted by atomic mass is 9.70. The normalized spacial score (nSPS) is 36.1. The molecule has 1 aliphatic heterocycles. The summed E-state index contributed by atoms with van der Waals surface area (Å²) in [7, 11) is 0. The van der Waals surface area contributed by atoms with Crippen molar-refractivity contribution in [2.24, 2.45) is 0 Å². The first-order valence-corrected chi connectivity index (χ1v) is 9.41. The minimum atomic E-state index is -1.40. The van der Waals surface area contributed by atoms with Gasteiger partial charge in [0, 0.05) is 12.5 Å². The van der Waals surface area contributed by atoms with Gasteiger partial charge in [-0.25, -0.2) is 9.78 Å². The predicted molar refractivity (Wildman–Crippen MR) is 94.4 cm³/mol. The van der Waals surface area contributed by atoms with Crippen molar-refractivity contribution < 1.29 is 20.1 Å². The van der Waals surface area contributed by atoms with E-state index in [-0.39, 0.29) is 19.1 Å². The molecule has 2 aromatic rings. The molecule has 2 saturated carbocycles. The minimum absolute atomic E-state index is 0.237. The van der Waals surface area contributed by atoms with Crippen LogP contribution in [0.25, 0.3) is 11.2 Å². The Morgan fingerprint density at radius 3 is 2.93 bits per heavy atom. The number of hydrogen-bond acceptors (Lipinski definition) is 8. The van der Waals surface area contributed by atoms with Gasteiger partial charge in [0.1, 0.15) is 35.2 Å². The van der Waals surface area contributed by atoms with Crippen LogP contribution in [0.15, 0.2) is 11.1 Å². The lowest BCUT2D eigenvalue weighted by molar-refractivity contribution is -0.170. The number of fused-ring (bicyclic) bond motifs is 2. The predicted octanol–water partition coefficient (Wildman–Crippen LogP) is -0.729. The number of nitrogens with zero attached hydrogens (tertiary/aromatic N) is 3. The van der Waals surface area contributed by atoms with Gasteiger partial charge in [0.05, 0.1) is 19.0 Å². The molecule has 1 saturated heterocycles. The SMILES string of the molecule is O=c1nc2c(ncn2C2CC3(O)C(O)[C@@H](CO)O[C@@H]23)c(NC2CCCC2)[nH]1. The average molecular weight is 377 g/mol. The van der Waals surface area contributed by atoms with Crippen molar-refractivity contribution in [1.29, 1.82) is 0 Å². The largest absolute Gasteiger partial charge is 0.394 e. The van der Waals surface area contributed by atoms with Crippen LogP contribution in [0.1, 0.15) is 38.1 Å². The molecule has 27 heavy (non-hydrogen) atoms. The minimum Gasteiger partial charge on any atom is -0.394 e. The zero-order chi connectivity index (χ0) is 18.8. The van der Waals surface area contributed by atoms with Gasteiger partial charge in [-0.15, -0.1) is 0 Å². The van der Waals surface area contributed by atoms with Gasteiger partial charge in [-0.2, -0.15) is 4.98 Å². The topological polar surface area (TPSA) is 146 Å². The molecule has 5 atom stereocenters. The molecule has 0 bridgehead atoms. The van der Waals surface area contributed by atoms with Gasteiger partial charge in [-0.1, -0.05) is 12.8 Å². The number of H-pyrrole nitrogens is 1. The van der Waals surface area contributed by atoms with Gasteiger partial charge in [-0.3, -0.25) is 4.98 Å². The number of aromatic nitrogens is 4. The molecule has 3 unspecified atom stereocenters. The number of aromatic amines is 1. The van der Waals surface area contributed by atoms with E-state index in [4.69, 9.17) is 4.74 Å². The Kier molecular flexibility index (Phi) is 3.80. The van der Waals surface area contributed by atoms with Crippen LogP contribution in [-0.4, -0.2) is 71.4 Å². The Hall–Kier alpha value is -2.01. The Morgan fingerprint density at radius 2 is 2.19 bits per heavy atom. The second kappa shape index (κ2) is 5.99. The van der Waals surface area contributed by atoms with Gasteiger partial charge in [0.2, 0.25) is 0 Å². The smallest absolute Gasteiger partial charge is 0.348 e. The van der Waals surface area contributed by atoms with Crippen molar-refractivity contribution in [2.45, 2.75) is 68.1 Å². The highest BCUT2D eigenvalue weighted by Gasteiger charge is 2.66. The third-order valence-corrected chi connectivity index (χ3v) is 6.25. The number of imidazole rings is 1. The number of ether oxygens (including phenoxy) is 1. The van der Waals surface area contributed by atoms with Gasteiger partial charge >= 0.3 is 5.69 Å². The van der Waals surface area contributed by atoms with Crippen LogP contribution in [0.5, 0.6) is 0 Å². The van der Waals surface area contributed by atoms with Crippen molar-refractivity contribution in [2.75, 3.05) is 11.9 Å². The highest BCUT2D eigenvalue weighted by Crippen LogP contribution is 2.52. The number of aliphatic hydroxyl groups is 3. The van der Waals surface area contributed by atoms with Crippen LogP contribution in [0.4, 0.5) is 5.82 Å². The van der Waals surface area contributed by atoms with Gasteiger partial charge in [-0.05, 0) is 12.8 Å². The van der Waals surface area contributed by atoms with Crippen LogP contribution in [-0.2, 0) is 4.74 Å². The summed E-state index contributed by atoms with van der Waals surface area (Å²) >= 11 is 0. The molecule has 0 amide bonds. The van der Waals surface area contributed by atoms with Crippen LogP contribution >= 0.6 is 0 Å². The van der Waals surface area contributed by atoms with E-state index in [1.165, 1.54) is 12.8 Å². The molecule has 3 fully saturated rings. The first kappa shape index (κ1) is 17.1. The van der Waals surface area contributed by atoms with Crippen LogP contribution in [0.3, 0.4) is 0 Å². The van der Waals surface area contributed by atoms with E-state index in [2.05, 4.69) is 20.3 Å². The molecule has 5 N–H and O–H groups in total. The Morgan fingerprint density at radius 1 is 1.41 bits per heavy atom. The molecule has 3 heterocycles. The Labute approximate surface area is 154 Å². The van der Waals surface area contributed by atoms with Crippen molar-refractivity contribution in [3.8, 4) is 0 Å². The summed E-state index contributed by atoms with van der Waals surface area (Å²) in [5.41, 5.74) is -0.896. The summed E-state index contributed by atoms with van der Waals surface area (Å²) in [6.07, 6.45) is 3.60. The van der Waals surface area contributed by atoms with Crippen molar-refractivity contribution in [3.05, 3.63) is 16.8 Å². The fourth-order valence-electron chi connectivity index (χ4n) is 4.75. The van der Waals surface area contributed by atoms with Crippen molar-refractivity contribution in [3.63, 3.8) is 0 Å². The number of nitrogens with one attached hydrogen (secondary N) is 2. The third kappa shape index (κ3) is 2.44. The zero-order valence-electron chi connectivity index (χ0n) is 14.7. The van der Waals surface area contributed by atoms with E-state index in [1.807, 2.05) is 0 Å². The van der Waals surface area contributed by atoms with Crippen LogP contribution in [0, 0.1) is 0 Å². The lowest BCUT2D eigenvalue weighted by Gasteiger charge is -2.47. The maximum Gasteiger partial charge on any atom is 0.348 e. The van der Waals surface area contributed by atoms with Gasteiger partial charge < -0.3 is 29.9 Å². The highest BCUT2D eigenvalue weighted by molar-refractivity contribution is 5.83. The molecule has 10 nitrogen and oxygen atoms in total. The van der Waals surface area contributed by atoms with Crippen LogP contribution < -0.4 is 11.0 Å². The number of anilines is 1. The summed E-state index contributed by atoms with van der Waals surface area (Å²) in [6, 6.07) is -0.0105. The number of hydrogen-bond donors (Lipinski definition) is 5. The molecule has 3 aliphatic rings. The fourth-order valence-corrected chi connectivity index (χ4v) is 4.75. The first-order chi connectivity index (χ1) is 13.0. The quantitative estimate of drug-likeness (QED) is 0.469. The van der Waals surface area contributed by atoms with E-state index in [0.717, 1.165) is 12.8 Å². The standard InChI is InChI=1S/C17H23N5O5/c23-6-10-12(24)17(26)5-9(13(17)27-10)22-7-18-11-14(19-8-3-1-2-4-8)20-16(25)21-15(11)22/h7-10,12-13,23-24,26H,1-6H2,(H2,19,20,21,25)/t9?,10-,12?,13+,17?/m1/s1. The summed E-state index contributed by atoms with van der Waals surface area (Å²) in [5, 5.41) is 33.5. The van der Waals surface area contributed by atoms with E-state index in [9.17, 15) is 20.1 Å². The number of rotatable bonds is 4. The molecule has 2 aliphatic carbocycles.